The molecule has 0 spiro atoms. The SMILES string of the molecule is Cc1ccc(C)c2c1CC[C@@]13C=C[C@]21[C@H]1C=C[C@H]3n2c(=O)n(C)c(=O)n21. The summed E-state index contributed by atoms with van der Waals surface area (Å²) in [4.78, 5) is 25.7. The van der Waals surface area contributed by atoms with Gasteiger partial charge in [-0.15, -0.1) is 0 Å². The number of hydrogen-bond donors (Lipinski definition) is 0. The third kappa shape index (κ3) is 1.17. The van der Waals surface area contributed by atoms with Crippen molar-refractivity contribution in [1.82, 2.24) is 13.9 Å². The fourth-order valence-electron chi connectivity index (χ4n) is 6.38. The summed E-state index contributed by atoms with van der Waals surface area (Å²) >= 11 is 0. The van der Waals surface area contributed by atoms with E-state index < -0.39 is 0 Å². The van der Waals surface area contributed by atoms with Crippen LogP contribution in [0.3, 0.4) is 0 Å². The minimum absolute atomic E-state index is 0.0908. The Hall–Kier alpha value is -2.56. The summed E-state index contributed by atoms with van der Waals surface area (Å²) in [7, 11) is 1.58. The summed E-state index contributed by atoms with van der Waals surface area (Å²) in [6, 6.07) is 4.19. The molecule has 5 aliphatic rings. The lowest BCUT2D eigenvalue weighted by molar-refractivity contribution is -0.00767. The molecule has 4 atom stereocenters. The maximum absolute atomic E-state index is 12.9. The minimum Gasteiger partial charge on any atom is -0.246 e. The van der Waals surface area contributed by atoms with Crippen molar-refractivity contribution in [3.8, 4) is 0 Å². The second kappa shape index (κ2) is 4.05. The monoisotopic (exact) mass is 347 g/mol. The normalized spacial score (nSPS) is 34.7. The molecular weight excluding hydrogens is 326 g/mol. The average molecular weight is 347 g/mol. The lowest BCUT2D eigenvalue weighted by Crippen LogP contribution is -2.68. The van der Waals surface area contributed by atoms with Crippen LogP contribution in [0.4, 0.5) is 0 Å². The highest BCUT2D eigenvalue weighted by atomic mass is 16.2. The Kier molecular flexibility index (Phi) is 2.28. The van der Waals surface area contributed by atoms with Crippen LogP contribution >= 0.6 is 0 Å². The number of fused-ring (bicyclic) bond motifs is 1. The van der Waals surface area contributed by atoms with Crippen molar-refractivity contribution in [2.45, 2.75) is 44.2 Å². The van der Waals surface area contributed by atoms with Crippen LogP contribution < -0.4 is 11.4 Å². The summed E-state index contributed by atoms with van der Waals surface area (Å²) < 4.78 is 4.68. The molecule has 0 radical (unpaired) electrons. The predicted octanol–water partition coefficient (Wildman–Crippen LogP) is 2.07. The van der Waals surface area contributed by atoms with Crippen molar-refractivity contribution in [3.05, 3.63) is 79.7 Å². The van der Waals surface area contributed by atoms with E-state index in [0.717, 1.165) is 12.8 Å². The van der Waals surface area contributed by atoms with Crippen molar-refractivity contribution in [3.63, 3.8) is 0 Å². The van der Waals surface area contributed by atoms with E-state index in [4.69, 9.17) is 0 Å². The predicted molar refractivity (Wildman–Crippen MR) is 98.6 cm³/mol. The van der Waals surface area contributed by atoms with Gasteiger partial charge in [0, 0.05) is 12.5 Å². The summed E-state index contributed by atoms with van der Waals surface area (Å²) in [5.41, 5.74) is 4.71. The first kappa shape index (κ1) is 14.6. The molecular formula is C21H21N3O2. The molecule has 3 aliphatic carbocycles. The van der Waals surface area contributed by atoms with Crippen LogP contribution in [-0.4, -0.2) is 13.9 Å². The van der Waals surface area contributed by atoms with Crippen LogP contribution in [-0.2, 0) is 18.9 Å². The van der Waals surface area contributed by atoms with Crippen LogP contribution in [0.25, 0.3) is 0 Å². The van der Waals surface area contributed by atoms with Gasteiger partial charge in [-0.2, -0.15) is 0 Å². The van der Waals surface area contributed by atoms with Gasteiger partial charge in [-0.3, -0.25) is 0 Å². The fraction of sp³-hybridized carbons (Fsp3) is 0.429. The standard InChI is InChI=1S/C21H21N3O2/c1-12-4-5-13(2)17-14(12)8-9-20-10-11-21(17,20)16-7-6-15(20)23-18(25)22(3)19(26)24(16)23/h4-7,10-11,15-16H,8-9H2,1-3H3/t15-,16-,20+,21+/m1/s1. The second-order valence-electron chi connectivity index (χ2n) is 8.38. The van der Waals surface area contributed by atoms with Crippen molar-refractivity contribution >= 4 is 0 Å². The Morgan fingerprint density at radius 3 is 2.31 bits per heavy atom. The average Bonchev–Trinajstić information content (AvgIpc) is 2.85. The van der Waals surface area contributed by atoms with E-state index in [1.165, 1.54) is 26.8 Å². The van der Waals surface area contributed by atoms with E-state index in [1.807, 2.05) is 0 Å². The van der Waals surface area contributed by atoms with Gasteiger partial charge in [-0.05, 0) is 48.9 Å². The summed E-state index contributed by atoms with van der Waals surface area (Å²) in [6.07, 6.45) is 11.0. The Bertz CT molecular complexity index is 1190. The zero-order chi connectivity index (χ0) is 18.0. The highest BCUT2D eigenvalue weighted by Crippen LogP contribution is 2.71. The van der Waals surface area contributed by atoms with Crippen LogP contribution in [0.15, 0.2) is 46.0 Å². The zero-order valence-corrected chi connectivity index (χ0v) is 15.2. The van der Waals surface area contributed by atoms with Crippen LogP contribution in [0, 0.1) is 19.3 Å². The topological polar surface area (TPSA) is 48.9 Å². The van der Waals surface area contributed by atoms with Crippen LogP contribution in [0.5, 0.6) is 0 Å². The maximum atomic E-state index is 12.9. The van der Waals surface area contributed by atoms with E-state index in [-0.39, 0.29) is 34.3 Å². The van der Waals surface area contributed by atoms with E-state index in [2.05, 4.69) is 50.3 Å². The van der Waals surface area contributed by atoms with Crippen molar-refractivity contribution in [2.24, 2.45) is 12.5 Å². The number of rotatable bonds is 0. The highest BCUT2D eigenvalue weighted by molar-refractivity contribution is 5.60. The molecule has 2 aromatic rings. The fourth-order valence-corrected chi connectivity index (χ4v) is 6.38. The van der Waals surface area contributed by atoms with Crippen molar-refractivity contribution in [1.29, 1.82) is 0 Å². The molecule has 132 valence electrons. The van der Waals surface area contributed by atoms with E-state index in [1.54, 1.807) is 16.4 Å². The van der Waals surface area contributed by atoms with Crippen molar-refractivity contribution in [2.75, 3.05) is 0 Å². The van der Waals surface area contributed by atoms with Crippen LogP contribution in [0.2, 0.25) is 0 Å². The van der Waals surface area contributed by atoms with Gasteiger partial charge in [0.1, 0.15) is 0 Å². The molecule has 2 bridgehead atoms. The molecule has 0 saturated heterocycles. The first-order valence-corrected chi connectivity index (χ1v) is 9.32. The highest BCUT2D eigenvalue weighted by Gasteiger charge is 2.70. The molecule has 0 amide bonds. The number of allylic oxidation sites excluding steroid dienone is 4. The van der Waals surface area contributed by atoms with E-state index >= 15 is 0 Å². The smallest absolute Gasteiger partial charge is 0.246 e. The Balaban J connectivity index is 1.78. The number of benzene rings is 1. The number of aromatic nitrogens is 3. The molecule has 1 aromatic carbocycles. The number of aryl methyl sites for hydroxylation is 2. The molecule has 5 heteroatoms. The second-order valence-corrected chi connectivity index (χ2v) is 8.38. The molecule has 5 nitrogen and oxygen atoms in total. The van der Waals surface area contributed by atoms with Gasteiger partial charge in [-0.1, -0.05) is 36.4 Å². The van der Waals surface area contributed by atoms with Gasteiger partial charge >= 0.3 is 11.4 Å². The van der Waals surface area contributed by atoms with E-state index in [0.29, 0.717) is 0 Å². The first-order chi connectivity index (χ1) is 12.4. The Labute approximate surface area is 150 Å². The van der Waals surface area contributed by atoms with Gasteiger partial charge in [-0.25, -0.2) is 23.5 Å². The number of nitrogens with zero attached hydrogens (tertiary/aromatic N) is 3. The molecule has 0 unspecified atom stereocenters. The maximum Gasteiger partial charge on any atom is 0.347 e. The van der Waals surface area contributed by atoms with Crippen LogP contribution in [0.1, 0.15) is 40.8 Å². The van der Waals surface area contributed by atoms with Gasteiger partial charge in [0.15, 0.2) is 0 Å². The molecule has 3 heterocycles. The molecule has 26 heavy (non-hydrogen) atoms. The molecule has 1 aromatic heterocycles. The van der Waals surface area contributed by atoms with Gasteiger partial charge in [0.25, 0.3) is 0 Å². The van der Waals surface area contributed by atoms with E-state index in [9.17, 15) is 9.59 Å². The largest absolute Gasteiger partial charge is 0.347 e. The third-order valence-corrected chi connectivity index (χ3v) is 7.57. The molecule has 0 N–H and O–H groups in total. The number of hydrogen-bond acceptors (Lipinski definition) is 2. The Morgan fingerprint density at radius 2 is 1.62 bits per heavy atom. The van der Waals surface area contributed by atoms with Gasteiger partial charge < -0.3 is 0 Å². The zero-order valence-electron chi connectivity index (χ0n) is 15.2. The van der Waals surface area contributed by atoms with Gasteiger partial charge in [0.05, 0.1) is 17.5 Å². The summed E-state index contributed by atoms with van der Waals surface area (Å²) in [5, 5.41) is 0. The quantitative estimate of drug-likeness (QED) is 0.685. The summed E-state index contributed by atoms with van der Waals surface area (Å²) in [5.74, 6) is 0. The molecule has 0 saturated carbocycles. The minimum atomic E-state index is -0.215. The molecule has 0 fully saturated rings. The molecule has 2 aliphatic heterocycles. The summed E-state index contributed by atoms with van der Waals surface area (Å²) in [6.45, 7) is 4.37. The molecule has 7 rings (SSSR count). The Morgan fingerprint density at radius 1 is 0.962 bits per heavy atom. The lowest BCUT2D eigenvalue weighted by Gasteiger charge is -2.67. The first-order valence-electron chi connectivity index (χ1n) is 9.32. The third-order valence-electron chi connectivity index (χ3n) is 7.57. The van der Waals surface area contributed by atoms with Gasteiger partial charge in [0.2, 0.25) is 0 Å². The van der Waals surface area contributed by atoms with Crippen molar-refractivity contribution < 1.29 is 0 Å². The lowest BCUT2D eigenvalue weighted by atomic mass is 9.40.